The molecule has 2 rings (SSSR count). The second-order valence-electron chi connectivity index (χ2n) is 5.77. The van der Waals surface area contributed by atoms with Crippen molar-refractivity contribution in [3.63, 3.8) is 0 Å². The summed E-state index contributed by atoms with van der Waals surface area (Å²) in [7, 11) is -7.83. The number of benzene rings is 1. The van der Waals surface area contributed by atoms with E-state index in [1.165, 1.54) is 6.92 Å². The molecule has 1 amide bonds. The van der Waals surface area contributed by atoms with E-state index >= 15 is 0 Å². The third-order valence-corrected chi connectivity index (χ3v) is 7.59. The van der Waals surface area contributed by atoms with Crippen LogP contribution in [0.3, 0.4) is 0 Å². The van der Waals surface area contributed by atoms with Crippen molar-refractivity contribution in [1.29, 1.82) is 0 Å². The summed E-state index contributed by atoms with van der Waals surface area (Å²) in [6, 6.07) is 0.421. The van der Waals surface area contributed by atoms with Crippen molar-refractivity contribution in [1.82, 2.24) is 9.62 Å². The second kappa shape index (κ2) is 7.53. The van der Waals surface area contributed by atoms with E-state index in [1.807, 2.05) is 0 Å². The highest BCUT2D eigenvalue weighted by molar-refractivity contribution is 7.91. The van der Waals surface area contributed by atoms with E-state index in [0.29, 0.717) is 16.4 Å². The summed E-state index contributed by atoms with van der Waals surface area (Å²) in [5.41, 5.74) is 0. The van der Waals surface area contributed by atoms with Gasteiger partial charge >= 0.3 is 0 Å². The van der Waals surface area contributed by atoms with Crippen LogP contribution in [0.2, 0.25) is 0 Å². The fourth-order valence-electron chi connectivity index (χ4n) is 2.56. The third-order valence-electron chi connectivity index (χ3n) is 3.89. The molecule has 0 aromatic heterocycles. The van der Waals surface area contributed by atoms with Gasteiger partial charge in [0.15, 0.2) is 27.3 Å². The molecule has 1 aliphatic rings. The van der Waals surface area contributed by atoms with Gasteiger partial charge in [-0.25, -0.2) is 30.0 Å². The van der Waals surface area contributed by atoms with Gasteiger partial charge in [0.2, 0.25) is 15.9 Å². The van der Waals surface area contributed by atoms with Crippen LogP contribution in [0.5, 0.6) is 0 Å². The van der Waals surface area contributed by atoms with Crippen LogP contribution in [0.1, 0.15) is 13.3 Å². The predicted octanol–water partition coefficient (Wildman–Crippen LogP) is 0.418. The smallest absolute Gasteiger partial charge is 0.246 e. The van der Waals surface area contributed by atoms with Gasteiger partial charge in [0, 0.05) is 12.6 Å². The van der Waals surface area contributed by atoms with Gasteiger partial charge in [-0.15, -0.1) is 0 Å². The van der Waals surface area contributed by atoms with Crippen molar-refractivity contribution in [2.45, 2.75) is 24.3 Å². The molecular formula is C14H17F3N2O5S2. The lowest BCUT2D eigenvalue weighted by Crippen LogP contribution is -2.44. The van der Waals surface area contributed by atoms with Crippen molar-refractivity contribution >= 4 is 25.8 Å². The maximum absolute atomic E-state index is 13.8. The van der Waals surface area contributed by atoms with E-state index in [0.717, 1.165) is 0 Å². The number of sulfone groups is 1. The molecule has 26 heavy (non-hydrogen) atoms. The molecule has 1 fully saturated rings. The predicted molar refractivity (Wildman–Crippen MR) is 86.0 cm³/mol. The van der Waals surface area contributed by atoms with Gasteiger partial charge in [-0.3, -0.25) is 4.79 Å². The Morgan fingerprint density at radius 1 is 1.27 bits per heavy atom. The number of amides is 1. The summed E-state index contributed by atoms with van der Waals surface area (Å²) in [6.45, 7) is 0.424. The van der Waals surface area contributed by atoms with Gasteiger partial charge in [-0.05, 0) is 18.6 Å². The first-order valence-corrected chi connectivity index (χ1v) is 10.9. The van der Waals surface area contributed by atoms with Crippen molar-refractivity contribution < 1.29 is 34.8 Å². The number of carbonyl (C=O) groups excluding carboxylic acids is 1. The minimum Gasteiger partial charge on any atom is -0.351 e. The van der Waals surface area contributed by atoms with Gasteiger partial charge in [-0.1, -0.05) is 6.92 Å². The molecule has 12 heteroatoms. The van der Waals surface area contributed by atoms with Crippen LogP contribution in [-0.4, -0.2) is 57.7 Å². The van der Waals surface area contributed by atoms with E-state index in [1.54, 1.807) is 0 Å². The first-order chi connectivity index (χ1) is 12.0. The van der Waals surface area contributed by atoms with E-state index in [2.05, 4.69) is 5.32 Å². The number of likely N-dealkylation sites (N-methyl/N-ethyl adjacent to an activating group) is 1. The molecule has 0 spiro atoms. The molecular weight excluding hydrogens is 397 g/mol. The maximum atomic E-state index is 13.8. The molecule has 1 aromatic carbocycles. The van der Waals surface area contributed by atoms with E-state index in [9.17, 15) is 34.8 Å². The summed E-state index contributed by atoms with van der Waals surface area (Å²) in [6.07, 6.45) is 0.213. The zero-order chi connectivity index (χ0) is 19.7. The fourth-order valence-corrected chi connectivity index (χ4v) is 5.69. The standard InChI is InChI=1S/C14H17F3N2O5S2/c1-2-19(7-12(20)18-9-5-6-25(21,22)8-9)26(23,24)11-4-3-10(15)13(16)14(11)17/h3-4,9H,2,5-8H2,1H3,(H,18,20). The molecule has 0 radical (unpaired) electrons. The lowest BCUT2D eigenvalue weighted by Gasteiger charge is -2.21. The number of hydrogen-bond donors (Lipinski definition) is 1. The first-order valence-electron chi connectivity index (χ1n) is 7.61. The van der Waals surface area contributed by atoms with E-state index in [-0.39, 0.29) is 24.5 Å². The molecule has 0 aliphatic carbocycles. The highest BCUT2D eigenvalue weighted by Gasteiger charge is 2.33. The van der Waals surface area contributed by atoms with Crippen LogP contribution in [-0.2, 0) is 24.7 Å². The molecule has 1 unspecified atom stereocenters. The van der Waals surface area contributed by atoms with Gasteiger partial charge in [-0.2, -0.15) is 4.31 Å². The number of halogens is 3. The van der Waals surface area contributed by atoms with Crippen molar-refractivity contribution in [2.24, 2.45) is 0 Å². The van der Waals surface area contributed by atoms with E-state index < -0.39 is 60.7 Å². The molecule has 1 saturated heterocycles. The molecule has 1 N–H and O–H groups in total. The largest absolute Gasteiger partial charge is 0.351 e. The highest BCUT2D eigenvalue weighted by atomic mass is 32.2. The van der Waals surface area contributed by atoms with Gasteiger partial charge in [0.1, 0.15) is 4.90 Å². The second-order valence-corrected chi connectivity index (χ2v) is 9.91. The Labute approximate surface area is 149 Å². The quantitative estimate of drug-likeness (QED) is 0.680. The zero-order valence-electron chi connectivity index (χ0n) is 13.7. The van der Waals surface area contributed by atoms with Crippen LogP contribution in [0.4, 0.5) is 13.2 Å². The third kappa shape index (κ3) is 4.35. The average Bonchev–Trinajstić information content (AvgIpc) is 2.88. The van der Waals surface area contributed by atoms with Crippen LogP contribution < -0.4 is 5.32 Å². The Kier molecular flexibility index (Phi) is 5.98. The molecule has 0 saturated carbocycles. The topological polar surface area (TPSA) is 101 Å². The lowest BCUT2D eigenvalue weighted by molar-refractivity contribution is -0.121. The highest BCUT2D eigenvalue weighted by Crippen LogP contribution is 2.23. The molecule has 1 aliphatic heterocycles. The van der Waals surface area contributed by atoms with Crippen LogP contribution in [0.25, 0.3) is 0 Å². The minimum absolute atomic E-state index is 0.0756. The number of hydrogen-bond acceptors (Lipinski definition) is 5. The summed E-state index contributed by atoms with van der Waals surface area (Å²) in [5.74, 6) is -6.43. The van der Waals surface area contributed by atoms with Gasteiger partial charge in [0.05, 0.1) is 18.1 Å². The molecule has 1 aromatic rings. The molecule has 1 atom stereocenters. The Morgan fingerprint density at radius 3 is 2.46 bits per heavy atom. The SMILES string of the molecule is CCN(CC(=O)NC1CCS(=O)(=O)C1)S(=O)(=O)c1ccc(F)c(F)c1F. The Morgan fingerprint density at radius 2 is 1.92 bits per heavy atom. The zero-order valence-corrected chi connectivity index (χ0v) is 15.3. The van der Waals surface area contributed by atoms with Crippen LogP contribution in [0.15, 0.2) is 17.0 Å². The monoisotopic (exact) mass is 414 g/mol. The summed E-state index contributed by atoms with van der Waals surface area (Å²) < 4.78 is 88.4. The van der Waals surface area contributed by atoms with Crippen molar-refractivity contribution in [2.75, 3.05) is 24.6 Å². The number of nitrogens with one attached hydrogen (secondary N) is 1. The summed E-state index contributed by atoms with van der Waals surface area (Å²) >= 11 is 0. The Bertz CT molecular complexity index is 919. The number of sulfonamides is 1. The Balaban J connectivity index is 2.17. The molecule has 7 nitrogen and oxygen atoms in total. The van der Waals surface area contributed by atoms with Crippen LogP contribution >= 0.6 is 0 Å². The number of nitrogens with zero attached hydrogens (tertiary/aromatic N) is 1. The number of rotatable bonds is 6. The lowest BCUT2D eigenvalue weighted by atomic mass is 10.2. The van der Waals surface area contributed by atoms with Crippen molar-refractivity contribution in [3.8, 4) is 0 Å². The maximum Gasteiger partial charge on any atom is 0.246 e. The average molecular weight is 414 g/mol. The Hall–Kier alpha value is -1.66. The molecule has 146 valence electrons. The summed E-state index contributed by atoms with van der Waals surface area (Å²) in [4.78, 5) is 10.9. The minimum atomic E-state index is -4.60. The normalized spacial score (nSPS) is 19.7. The fraction of sp³-hybridized carbons (Fsp3) is 0.500. The van der Waals surface area contributed by atoms with Gasteiger partial charge in [0.25, 0.3) is 0 Å². The first kappa shape index (κ1) is 20.6. The van der Waals surface area contributed by atoms with Crippen LogP contribution in [0, 0.1) is 17.5 Å². The summed E-state index contributed by atoms with van der Waals surface area (Å²) in [5, 5.41) is 2.41. The van der Waals surface area contributed by atoms with Crippen molar-refractivity contribution in [3.05, 3.63) is 29.6 Å². The van der Waals surface area contributed by atoms with E-state index in [4.69, 9.17) is 0 Å². The van der Waals surface area contributed by atoms with Gasteiger partial charge < -0.3 is 5.32 Å². The number of carbonyl (C=O) groups is 1. The molecule has 0 bridgehead atoms. The molecule has 1 heterocycles.